The van der Waals surface area contributed by atoms with Gasteiger partial charge in [0.25, 0.3) is 0 Å². The SMILES string of the molecule is Cc1cc(NCC(O)COC2CCCC2)ccc1F. The maximum atomic E-state index is 13.1. The number of aryl methyl sites for hydroxylation is 1. The Bertz CT molecular complexity index is 405. The Morgan fingerprint density at radius 3 is 2.84 bits per heavy atom. The number of ether oxygens (including phenoxy) is 1. The van der Waals surface area contributed by atoms with E-state index >= 15 is 0 Å². The van der Waals surface area contributed by atoms with Gasteiger partial charge in [-0.25, -0.2) is 4.39 Å². The van der Waals surface area contributed by atoms with Gasteiger partial charge in [-0.15, -0.1) is 0 Å². The summed E-state index contributed by atoms with van der Waals surface area (Å²) >= 11 is 0. The Hall–Kier alpha value is -1.13. The summed E-state index contributed by atoms with van der Waals surface area (Å²) in [6.45, 7) is 2.50. The number of halogens is 1. The van der Waals surface area contributed by atoms with Gasteiger partial charge >= 0.3 is 0 Å². The predicted molar refractivity (Wildman–Crippen MR) is 73.8 cm³/mol. The van der Waals surface area contributed by atoms with E-state index < -0.39 is 6.10 Å². The summed E-state index contributed by atoms with van der Waals surface area (Å²) < 4.78 is 18.7. The molecule has 1 aromatic rings. The third-order valence-corrected chi connectivity index (χ3v) is 3.53. The first-order valence-electron chi connectivity index (χ1n) is 6.95. The molecule has 2 N–H and O–H groups in total. The van der Waals surface area contributed by atoms with E-state index in [1.54, 1.807) is 19.1 Å². The number of anilines is 1. The maximum Gasteiger partial charge on any atom is 0.126 e. The van der Waals surface area contributed by atoms with E-state index in [4.69, 9.17) is 4.74 Å². The molecule has 1 atom stereocenters. The second kappa shape index (κ2) is 6.87. The Morgan fingerprint density at radius 1 is 1.42 bits per heavy atom. The minimum absolute atomic E-state index is 0.212. The van der Waals surface area contributed by atoms with Crippen LogP contribution < -0.4 is 5.32 Å². The number of nitrogens with one attached hydrogen (secondary N) is 1. The fraction of sp³-hybridized carbons (Fsp3) is 0.600. The lowest BCUT2D eigenvalue weighted by Gasteiger charge is -2.16. The lowest BCUT2D eigenvalue weighted by Crippen LogP contribution is -2.27. The van der Waals surface area contributed by atoms with Gasteiger partial charge in [-0.3, -0.25) is 0 Å². The Kier molecular flexibility index (Phi) is 5.16. The van der Waals surface area contributed by atoms with Crippen LogP contribution in [0.15, 0.2) is 18.2 Å². The van der Waals surface area contributed by atoms with Gasteiger partial charge in [-0.05, 0) is 43.5 Å². The van der Waals surface area contributed by atoms with Crippen molar-refractivity contribution in [1.82, 2.24) is 0 Å². The average molecular weight is 267 g/mol. The predicted octanol–water partition coefficient (Wildman–Crippen LogP) is 2.87. The molecule has 0 aromatic heterocycles. The summed E-state index contributed by atoms with van der Waals surface area (Å²) in [6.07, 6.45) is 4.46. The van der Waals surface area contributed by atoms with E-state index in [-0.39, 0.29) is 5.82 Å². The van der Waals surface area contributed by atoms with Crippen LogP contribution in [-0.2, 0) is 4.74 Å². The number of rotatable bonds is 6. The summed E-state index contributed by atoms with van der Waals surface area (Å²) in [5, 5.41) is 12.9. The van der Waals surface area contributed by atoms with Crippen LogP contribution in [-0.4, -0.2) is 30.5 Å². The summed E-state index contributed by atoms with van der Waals surface area (Å²) in [6, 6.07) is 4.84. The fourth-order valence-corrected chi connectivity index (χ4v) is 2.35. The van der Waals surface area contributed by atoms with Crippen molar-refractivity contribution in [3.8, 4) is 0 Å². The van der Waals surface area contributed by atoms with Gasteiger partial charge in [-0.2, -0.15) is 0 Å². The van der Waals surface area contributed by atoms with Crippen LogP contribution in [0, 0.1) is 12.7 Å². The summed E-state index contributed by atoms with van der Waals surface area (Å²) in [7, 11) is 0. The van der Waals surface area contributed by atoms with Crippen molar-refractivity contribution in [2.75, 3.05) is 18.5 Å². The first-order valence-corrected chi connectivity index (χ1v) is 6.95. The van der Waals surface area contributed by atoms with Gasteiger partial charge < -0.3 is 15.2 Å². The maximum absolute atomic E-state index is 13.1. The zero-order valence-corrected chi connectivity index (χ0v) is 11.4. The molecule has 0 saturated heterocycles. The van der Waals surface area contributed by atoms with Crippen LogP contribution in [0.5, 0.6) is 0 Å². The lowest BCUT2D eigenvalue weighted by molar-refractivity contribution is -0.00117. The summed E-state index contributed by atoms with van der Waals surface area (Å²) in [4.78, 5) is 0. The summed E-state index contributed by atoms with van der Waals surface area (Å²) in [5.74, 6) is -0.212. The van der Waals surface area contributed by atoms with Gasteiger partial charge in [0.1, 0.15) is 5.82 Å². The molecule has 1 saturated carbocycles. The van der Waals surface area contributed by atoms with E-state index in [2.05, 4.69) is 5.32 Å². The molecule has 0 bridgehead atoms. The lowest BCUT2D eigenvalue weighted by atomic mass is 10.2. The average Bonchev–Trinajstić information content (AvgIpc) is 2.91. The zero-order valence-electron chi connectivity index (χ0n) is 11.4. The molecule has 3 nitrogen and oxygen atoms in total. The van der Waals surface area contributed by atoms with E-state index in [0.717, 1.165) is 18.5 Å². The molecule has 1 unspecified atom stereocenters. The van der Waals surface area contributed by atoms with Crippen molar-refractivity contribution >= 4 is 5.69 Å². The zero-order chi connectivity index (χ0) is 13.7. The first-order chi connectivity index (χ1) is 9.15. The van der Waals surface area contributed by atoms with Crippen LogP contribution >= 0.6 is 0 Å². The van der Waals surface area contributed by atoms with E-state index in [1.807, 2.05) is 0 Å². The molecule has 4 heteroatoms. The molecule has 1 fully saturated rings. The smallest absolute Gasteiger partial charge is 0.126 e. The van der Waals surface area contributed by atoms with Crippen LogP contribution in [0.25, 0.3) is 0 Å². The first kappa shape index (κ1) is 14.3. The molecule has 1 aliphatic rings. The van der Waals surface area contributed by atoms with Gasteiger partial charge in [0.15, 0.2) is 0 Å². The minimum atomic E-state index is -0.536. The Balaban J connectivity index is 1.70. The standard InChI is InChI=1S/C15H22FNO2/c1-11-8-12(6-7-15(11)16)17-9-13(18)10-19-14-4-2-3-5-14/h6-8,13-14,17-18H,2-5,9-10H2,1H3. The molecular weight excluding hydrogens is 245 g/mol. The molecular formula is C15H22FNO2. The van der Waals surface area contributed by atoms with Gasteiger partial charge in [0.05, 0.1) is 18.8 Å². The molecule has 106 valence electrons. The molecule has 0 amide bonds. The minimum Gasteiger partial charge on any atom is -0.389 e. The molecule has 0 radical (unpaired) electrons. The van der Waals surface area contributed by atoms with Crippen molar-refractivity contribution in [2.24, 2.45) is 0 Å². The van der Waals surface area contributed by atoms with Crippen molar-refractivity contribution in [3.05, 3.63) is 29.6 Å². The molecule has 1 aliphatic carbocycles. The van der Waals surface area contributed by atoms with Gasteiger partial charge in [0.2, 0.25) is 0 Å². The Labute approximate surface area is 113 Å². The molecule has 0 heterocycles. The van der Waals surface area contributed by atoms with Crippen molar-refractivity contribution in [3.63, 3.8) is 0 Å². The Morgan fingerprint density at radius 2 is 2.16 bits per heavy atom. The van der Waals surface area contributed by atoms with Crippen molar-refractivity contribution in [2.45, 2.75) is 44.8 Å². The highest BCUT2D eigenvalue weighted by molar-refractivity contribution is 5.45. The molecule has 1 aromatic carbocycles. The molecule has 2 rings (SSSR count). The van der Waals surface area contributed by atoms with E-state index in [0.29, 0.717) is 24.8 Å². The van der Waals surface area contributed by atoms with Crippen LogP contribution in [0.3, 0.4) is 0 Å². The normalized spacial score (nSPS) is 17.6. The molecule has 0 spiro atoms. The molecule has 19 heavy (non-hydrogen) atoms. The second-order valence-electron chi connectivity index (χ2n) is 5.24. The number of aliphatic hydroxyl groups excluding tert-OH is 1. The van der Waals surface area contributed by atoms with E-state index in [1.165, 1.54) is 18.9 Å². The van der Waals surface area contributed by atoms with Crippen LogP contribution in [0.1, 0.15) is 31.2 Å². The third kappa shape index (κ3) is 4.48. The quantitative estimate of drug-likeness (QED) is 0.832. The number of benzene rings is 1. The third-order valence-electron chi connectivity index (χ3n) is 3.53. The second-order valence-corrected chi connectivity index (χ2v) is 5.24. The van der Waals surface area contributed by atoms with Gasteiger partial charge in [-0.1, -0.05) is 12.8 Å². The fourth-order valence-electron chi connectivity index (χ4n) is 2.35. The topological polar surface area (TPSA) is 41.5 Å². The largest absolute Gasteiger partial charge is 0.389 e. The highest BCUT2D eigenvalue weighted by Crippen LogP contribution is 2.21. The van der Waals surface area contributed by atoms with Crippen LogP contribution in [0.2, 0.25) is 0 Å². The molecule has 0 aliphatic heterocycles. The monoisotopic (exact) mass is 267 g/mol. The van der Waals surface area contributed by atoms with Gasteiger partial charge in [0, 0.05) is 12.2 Å². The highest BCUT2D eigenvalue weighted by Gasteiger charge is 2.16. The number of hydrogen-bond acceptors (Lipinski definition) is 3. The van der Waals surface area contributed by atoms with Crippen molar-refractivity contribution in [1.29, 1.82) is 0 Å². The summed E-state index contributed by atoms with van der Waals surface area (Å²) in [5.41, 5.74) is 1.42. The van der Waals surface area contributed by atoms with Crippen LogP contribution in [0.4, 0.5) is 10.1 Å². The highest BCUT2D eigenvalue weighted by atomic mass is 19.1. The van der Waals surface area contributed by atoms with E-state index in [9.17, 15) is 9.50 Å². The number of hydrogen-bond donors (Lipinski definition) is 2. The van der Waals surface area contributed by atoms with Crippen molar-refractivity contribution < 1.29 is 14.2 Å². The number of aliphatic hydroxyl groups is 1.